The van der Waals surface area contributed by atoms with E-state index in [1.54, 1.807) is 0 Å². The summed E-state index contributed by atoms with van der Waals surface area (Å²) < 4.78 is 5.78. The molecule has 0 unspecified atom stereocenters. The van der Waals surface area contributed by atoms with E-state index in [-0.39, 0.29) is 0 Å². The molecule has 0 amide bonds. The van der Waals surface area contributed by atoms with E-state index >= 15 is 0 Å². The molecule has 0 spiro atoms. The molecule has 1 aliphatic heterocycles. The Hall–Kier alpha value is -1.98. The SMILES string of the molecule is c1ccc(-c2nnc(CN3CC[C@H]3c3cccs3)o2)cc1. The first-order valence-corrected chi connectivity index (χ1v) is 7.93. The number of nitrogens with zero attached hydrogens (tertiary/aromatic N) is 3. The number of rotatable bonds is 4. The fraction of sp³-hybridized carbons (Fsp3) is 0.250. The van der Waals surface area contributed by atoms with Crippen molar-refractivity contribution in [2.24, 2.45) is 0 Å². The van der Waals surface area contributed by atoms with Crippen LogP contribution in [0.25, 0.3) is 11.5 Å². The van der Waals surface area contributed by atoms with E-state index in [9.17, 15) is 0 Å². The number of thiophene rings is 1. The van der Waals surface area contributed by atoms with Crippen LogP contribution < -0.4 is 0 Å². The van der Waals surface area contributed by atoms with Crippen LogP contribution >= 0.6 is 11.3 Å². The first kappa shape index (κ1) is 12.7. The van der Waals surface area contributed by atoms with Crippen LogP contribution in [0.5, 0.6) is 0 Å². The van der Waals surface area contributed by atoms with E-state index in [2.05, 4.69) is 32.6 Å². The number of hydrogen-bond acceptors (Lipinski definition) is 5. The van der Waals surface area contributed by atoms with Crippen molar-refractivity contribution in [3.05, 3.63) is 58.6 Å². The maximum atomic E-state index is 5.78. The second-order valence-electron chi connectivity index (χ2n) is 5.16. The summed E-state index contributed by atoms with van der Waals surface area (Å²) in [6.07, 6.45) is 1.21. The maximum absolute atomic E-state index is 5.78. The summed E-state index contributed by atoms with van der Waals surface area (Å²) in [6.45, 7) is 1.81. The van der Waals surface area contributed by atoms with Crippen molar-refractivity contribution in [2.75, 3.05) is 6.54 Å². The van der Waals surface area contributed by atoms with Gasteiger partial charge >= 0.3 is 0 Å². The minimum absolute atomic E-state index is 0.511. The highest BCUT2D eigenvalue weighted by molar-refractivity contribution is 7.10. The molecule has 0 saturated carbocycles. The summed E-state index contributed by atoms with van der Waals surface area (Å²) in [4.78, 5) is 3.80. The Bertz CT molecular complexity index is 708. The van der Waals surface area contributed by atoms with Crippen molar-refractivity contribution in [3.8, 4) is 11.5 Å². The van der Waals surface area contributed by atoms with Gasteiger partial charge in [-0.2, -0.15) is 0 Å². The standard InChI is InChI=1S/C16H15N3OS/c1-2-5-12(6-3-1)16-18-17-15(20-16)11-19-9-8-13(19)14-7-4-10-21-14/h1-7,10,13H,8-9,11H2/t13-/m0/s1. The van der Waals surface area contributed by atoms with Gasteiger partial charge in [0.15, 0.2) is 0 Å². The van der Waals surface area contributed by atoms with Crippen molar-refractivity contribution in [1.82, 2.24) is 15.1 Å². The number of benzene rings is 1. The van der Waals surface area contributed by atoms with Gasteiger partial charge < -0.3 is 4.42 Å². The van der Waals surface area contributed by atoms with Gasteiger partial charge in [-0.3, -0.25) is 4.90 Å². The van der Waals surface area contributed by atoms with Gasteiger partial charge in [0.05, 0.1) is 6.54 Å². The summed E-state index contributed by atoms with van der Waals surface area (Å²) in [5.74, 6) is 1.29. The highest BCUT2D eigenvalue weighted by Gasteiger charge is 2.31. The predicted octanol–water partition coefficient (Wildman–Crippen LogP) is 3.75. The fourth-order valence-electron chi connectivity index (χ4n) is 2.62. The van der Waals surface area contributed by atoms with Crippen LogP contribution in [0.4, 0.5) is 0 Å². The smallest absolute Gasteiger partial charge is 0.247 e. The van der Waals surface area contributed by atoms with Crippen LogP contribution in [0.3, 0.4) is 0 Å². The average molecular weight is 297 g/mol. The Balaban J connectivity index is 1.48. The molecule has 21 heavy (non-hydrogen) atoms. The molecule has 0 aliphatic carbocycles. The van der Waals surface area contributed by atoms with E-state index < -0.39 is 0 Å². The predicted molar refractivity (Wildman–Crippen MR) is 81.8 cm³/mol. The molecule has 1 fully saturated rings. The molecule has 4 rings (SSSR count). The first-order valence-electron chi connectivity index (χ1n) is 7.05. The minimum Gasteiger partial charge on any atom is -0.419 e. The third-order valence-corrected chi connectivity index (χ3v) is 4.80. The second-order valence-corrected chi connectivity index (χ2v) is 6.14. The van der Waals surface area contributed by atoms with Gasteiger partial charge in [0, 0.05) is 23.0 Å². The van der Waals surface area contributed by atoms with Crippen molar-refractivity contribution >= 4 is 11.3 Å². The monoisotopic (exact) mass is 297 g/mol. The van der Waals surface area contributed by atoms with Gasteiger partial charge in [0.1, 0.15) is 0 Å². The van der Waals surface area contributed by atoms with Crippen LogP contribution in [0.1, 0.15) is 23.2 Å². The van der Waals surface area contributed by atoms with Gasteiger partial charge in [0.2, 0.25) is 11.8 Å². The highest BCUT2D eigenvalue weighted by atomic mass is 32.1. The molecule has 3 aromatic rings. The molecule has 1 saturated heterocycles. The van der Waals surface area contributed by atoms with Gasteiger partial charge in [-0.25, -0.2) is 0 Å². The molecular weight excluding hydrogens is 282 g/mol. The van der Waals surface area contributed by atoms with Gasteiger partial charge in [0.25, 0.3) is 0 Å². The number of likely N-dealkylation sites (tertiary alicyclic amines) is 1. The second kappa shape index (κ2) is 5.42. The normalized spacial score (nSPS) is 18.6. The first-order chi connectivity index (χ1) is 10.4. The molecule has 1 aromatic carbocycles. The van der Waals surface area contributed by atoms with Crippen LogP contribution in [-0.2, 0) is 6.54 Å². The Morgan fingerprint density at radius 1 is 1.14 bits per heavy atom. The molecule has 4 nitrogen and oxygen atoms in total. The van der Waals surface area contributed by atoms with Gasteiger partial charge in [-0.1, -0.05) is 24.3 Å². The lowest BCUT2D eigenvalue weighted by molar-refractivity contribution is 0.0743. The summed E-state index contributed by atoms with van der Waals surface area (Å²) in [6, 6.07) is 14.7. The van der Waals surface area contributed by atoms with E-state index in [4.69, 9.17) is 4.42 Å². The summed E-state index contributed by atoms with van der Waals surface area (Å²) in [7, 11) is 0. The van der Waals surface area contributed by atoms with Gasteiger partial charge in [-0.05, 0) is 30.0 Å². The molecule has 106 valence electrons. The van der Waals surface area contributed by atoms with Crippen LogP contribution in [0.15, 0.2) is 52.3 Å². The largest absolute Gasteiger partial charge is 0.419 e. The number of aromatic nitrogens is 2. The number of hydrogen-bond donors (Lipinski definition) is 0. The molecule has 0 N–H and O–H groups in total. The Morgan fingerprint density at radius 3 is 2.76 bits per heavy atom. The van der Waals surface area contributed by atoms with Crippen LogP contribution in [-0.4, -0.2) is 21.6 Å². The van der Waals surface area contributed by atoms with E-state index in [1.165, 1.54) is 11.3 Å². The molecule has 5 heteroatoms. The summed E-state index contributed by atoms with van der Waals surface area (Å²) >= 11 is 1.81. The highest BCUT2D eigenvalue weighted by Crippen LogP contribution is 2.36. The molecular formula is C16H15N3OS. The van der Waals surface area contributed by atoms with Crippen molar-refractivity contribution in [1.29, 1.82) is 0 Å². The lowest BCUT2D eigenvalue weighted by Gasteiger charge is -2.39. The zero-order chi connectivity index (χ0) is 14.1. The average Bonchev–Trinajstić information content (AvgIpc) is 3.16. The third kappa shape index (κ3) is 2.50. The molecule has 1 atom stereocenters. The van der Waals surface area contributed by atoms with Crippen molar-refractivity contribution < 1.29 is 4.42 Å². The Kier molecular flexibility index (Phi) is 3.29. The van der Waals surface area contributed by atoms with E-state index in [1.807, 2.05) is 41.7 Å². The molecule has 2 aromatic heterocycles. The zero-order valence-corrected chi connectivity index (χ0v) is 12.3. The Labute approximate surface area is 127 Å². The van der Waals surface area contributed by atoms with E-state index in [0.29, 0.717) is 17.8 Å². The molecule has 3 heterocycles. The molecule has 0 bridgehead atoms. The zero-order valence-electron chi connectivity index (χ0n) is 11.5. The van der Waals surface area contributed by atoms with Crippen molar-refractivity contribution in [2.45, 2.75) is 19.0 Å². The molecule has 0 radical (unpaired) electrons. The lowest BCUT2D eigenvalue weighted by Crippen LogP contribution is -2.39. The molecule has 1 aliphatic rings. The van der Waals surface area contributed by atoms with Crippen LogP contribution in [0.2, 0.25) is 0 Å². The minimum atomic E-state index is 0.511. The van der Waals surface area contributed by atoms with E-state index in [0.717, 1.165) is 18.7 Å². The van der Waals surface area contributed by atoms with Gasteiger partial charge in [-0.15, -0.1) is 21.5 Å². The lowest BCUT2D eigenvalue weighted by atomic mass is 10.0. The third-order valence-electron chi connectivity index (χ3n) is 3.83. The maximum Gasteiger partial charge on any atom is 0.247 e. The summed E-state index contributed by atoms with van der Waals surface area (Å²) in [5, 5.41) is 10.5. The van der Waals surface area contributed by atoms with Crippen LogP contribution in [0, 0.1) is 0 Å². The quantitative estimate of drug-likeness (QED) is 0.735. The fourth-order valence-corrected chi connectivity index (χ4v) is 3.52. The van der Waals surface area contributed by atoms with Crippen molar-refractivity contribution in [3.63, 3.8) is 0 Å². The summed E-state index contributed by atoms with van der Waals surface area (Å²) in [5.41, 5.74) is 0.967. The topological polar surface area (TPSA) is 42.2 Å². The Morgan fingerprint density at radius 2 is 2.05 bits per heavy atom.